The van der Waals surface area contributed by atoms with Gasteiger partial charge >= 0.3 is 0 Å². The normalized spacial score (nSPS) is 19.1. The molecule has 1 atom stereocenters. The Bertz CT molecular complexity index is 1330. The number of nitrogens with zero attached hydrogens (tertiary/aromatic N) is 4. The first-order valence-corrected chi connectivity index (χ1v) is 14.2. The van der Waals surface area contributed by atoms with Gasteiger partial charge in [0.05, 0.1) is 30.0 Å². The lowest BCUT2D eigenvalue weighted by Gasteiger charge is -2.53. The van der Waals surface area contributed by atoms with Crippen LogP contribution in [0.1, 0.15) is 42.0 Å². The molecule has 0 spiro atoms. The Morgan fingerprint density at radius 2 is 1.90 bits per heavy atom. The fourth-order valence-corrected chi connectivity index (χ4v) is 5.89. The van der Waals surface area contributed by atoms with Crippen molar-refractivity contribution in [3.05, 3.63) is 47.0 Å². The first kappa shape index (κ1) is 29.5. The van der Waals surface area contributed by atoms with Crippen LogP contribution in [0.25, 0.3) is 22.6 Å². The summed E-state index contributed by atoms with van der Waals surface area (Å²) in [7, 11) is 1.77. The molecule has 11 heteroatoms. The minimum atomic E-state index is -2.63. The number of likely N-dealkylation sites (tertiary alicyclic amines) is 1. The van der Waals surface area contributed by atoms with E-state index in [1.807, 2.05) is 49.9 Å². The number of aryl methyl sites for hydroxylation is 3. The maximum absolute atomic E-state index is 13.9. The van der Waals surface area contributed by atoms with Gasteiger partial charge in [0.15, 0.2) is 5.82 Å². The molecule has 4 heterocycles. The summed E-state index contributed by atoms with van der Waals surface area (Å²) in [6.45, 7) is 7.04. The van der Waals surface area contributed by atoms with Gasteiger partial charge < -0.3 is 24.4 Å². The minimum Gasteiger partial charge on any atom is -0.491 e. The fraction of sp³-hybridized carbons (Fsp3) is 0.567. The Hall–Kier alpha value is -2.99. The summed E-state index contributed by atoms with van der Waals surface area (Å²) >= 11 is 0. The van der Waals surface area contributed by atoms with Crippen LogP contribution >= 0.6 is 0 Å². The van der Waals surface area contributed by atoms with Gasteiger partial charge in [-0.05, 0) is 71.2 Å². The first-order chi connectivity index (χ1) is 19.6. The number of hydrogen-bond acceptors (Lipinski definition) is 9. The molecule has 2 fully saturated rings. The third kappa shape index (κ3) is 6.43. The molecule has 2 N–H and O–H groups in total. The Balaban J connectivity index is 1.48. The van der Waals surface area contributed by atoms with Gasteiger partial charge in [0.1, 0.15) is 24.2 Å². The van der Waals surface area contributed by atoms with Crippen molar-refractivity contribution in [3.8, 4) is 28.4 Å². The van der Waals surface area contributed by atoms with Crippen LogP contribution in [0.15, 0.2) is 28.8 Å². The molecule has 3 aromatic rings. The van der Waals surface area contributed by atoms with Crippen LogP contribution in [0.3, 0.4) is 0 Å². The molecule has 2 aliphatic rings. The highest BCUT2D eigenvalue weighted by Gasteiger charge is 2.53. The number of halogens is 2. The van der Waals surface area contributed by atoms with Gasteiger partial charge in [0.2, 0.25) is 0 Å². The van der Waals surface area contributed by atoms with E-state index >= 15 is 0 Å². The lowest BCUT2D eigenvalue weighted by Crippen LogP contribution is -2.67. The van der Waals surface area contributed by atoms with Crippen molar-refractivity contribution in [2.24, 2.45) is 0 Å². The SMILES string of the molecule is CNCC(O)COc1cccc(-c2nc(CCC3(N4CC(F)(F)C4)CCOCC3)c(C)c(-c3c(C)noc3C)n2)c1. The van der Waals surface area contributed by atoms with Gasteiger partial charge in [-0.3, -0.25) is 4.90 Å². The second-order valence-electron chi connectivity index (χ2n) is 11.3. The van der Waals surface area contributed by atoms with Gasteiger partial charge in [-0.2, -0.15) is 0 Å². The summed E-state index contributed by atoms with van der Waals surface area (Å²) in [4.78, 5) is 11.9. The van der Waals surface area contributed by atoms with Crippen LogP contribution in [0, 0.1) is 20.8 Å². The van der Waals surface area contributed by atoms with Crippen molar-refractivity contribution in [2.75, 3.05) is 46.5 Å². The number of alkyl halides is 2. The van der Waals surface area contributed by atoms with Crippen molar-refractivity contribution >= 4 is 0 Å². The summed E-state index contributed by atoms with van der Waals surface area (Å²) in [6.07, 6.45) is 2.09. The van der Waals surface area contributed by atoms with Crippen LogP contribution in [0.2, 0.25) is 0 Å². The topological polar surface area (TPSA) is 106 Å². The average molecular weight is 572 g/mol. The quantitative estimate of drug-likeness (QED) is 0.352. The van der Waals surface area contributed by atoms with Crippen LogP contribution in [-0.4, -0.2) is 89.2 Å². The van der Waals surface area contributed by atoms with Gasteiger partial charge in [-0.15, -0.1) is 0 Å². The maximum atomic E-state index is 13.9. The summed E-state index contributed by atoms with van der Waals surface area (Å²) in [5, 5.41) is 17.1. The maximum Gasteiger partial charge on any atom is 0.272 e. The zero-order valence-electron chi connectivity index (χ0n) is 24.2. The van der Waals surface area contributed by atoms with E-state index in [9.17, 15) is 13.9 Å². The van der Waals surface area contributed by atoms with E-state index in [2.05, 4.69) is 10.5 Å². The van der Waals surface area contributed by atoms with Gasteiger partial charge in [-0.1, -0.05) is 17.3 Å². The van der Waals surface area contributed by atoms with Crippen molar-refractivity contribution < 1.29 is 27.9 Å². The molecular weight excluding hydrogens is 532 g/mol. The lowest BCUT2D eigenvalue weighted by atomic mass is 9.80. The Labute approximate surface area is 239 Å². The molecule has 2 aliphatic heterocycles. The van der Waals surface area contributed by atoms with Gasteiger partial charge in [-0.25, -0.2) is 18.7 Å². The van der Waals surface area contributed by atoms with E-state index in [0.717, 1.165) is 46.6 Å². The summed E-state index contributed by atoms with van der Waals surface area (Å²) in [6, 6.07) is 7.48. The molecule has 5 rings (SSSR count). The number of aromatic nitrogens is 3. The smallest absolute Gasteiger partial charge is 0.272 e. The van der Waals surface area contributed by atoms with Crippen LogP contribution in [0.5, 0.6) is 5.75 Å². The third-order valence-corrected chi connectivity index (χ3v) is 8.26. The molecule has 0 saturated carbocycles. The Kier molecular flexibility index (Phi) is 8.70. The molecule has 2 saturated heterocycles. The summed E-state index contributed by atoms with van der Waals surface area (Å²) < 4.78 is 44.7. The van der Waals surface area contributed by atoms with E-state index < -0.39 is 12.0 Å². The molecule has 0 aliphatic carbocycles. The predicted octanol–water partition coefficient (Wildman–Crippen LogP) is 4.12. The van der Waals surface area contributed by atoms with E-state index in [1.165, 1.54) is 0 Å². The van der Waals surface area contributed by atoms with Crippen LogP contribution in [-0.2, 0) is 11.2 Å². The molecule has 0 amide bonds. The monoisotopic (exact) mass is 571 g/mol. The molecule has 9 nitrogen and oxygen atoms in total. The molecule has 0 radical (unpaired) electrons. The van der Waals surface area contributed by atoms with Crippen molar-refractivity contribution in [3.63, 3.8) is 0 Å². The highest BCUT2D eigenvalue weighted by atomic mass is 19.3. The minimum absolute atomic E-state index is 0.149. The number of aliphatic hydroxyl groups is 1. The number of nitrogens with one attached hydrogen (secondary N) is 1. The number of rotatable bonds is 11. The van der Waals surface area contributed by atoms with Crippen LogP contribution in [0.4, 0.5) is 8.78 Å². The second kappa shape index (κ2) is 12.1. The molecule has 1 unspecified atom stereocenters. The lowest BCUT2D eigenvalue weighted by molar-refractivity contribution is -0.187. The molecule has 1 aromatic carbocycles. The first-order valence-electron chi connectivity index (χ1n) is 14.2. The highest BCUT2D eigenvalue weighted by molar-refractivity contribution is 5.71. The number of aliphatic hydroxyl groups excluding tert-OH is 1. The molecule has 41 heavy (non-hydrogen) atoms. The van der Waals surface area contributed by atoms with E-state index in [0.29, 0.717) is 49.9 Å². The molecule has 0 bridgehead atoms. The number of benzene rings is 1. The van der Waals surface area contributed by atoms with E-state index in [1.54, 1.807) is 7.05 Å². The summed E-state index contributed by atoms with van der Waals surface area (Å²) in [5.41, 5.74) is 4.51. The van der Waals surface area contributed by atoms with Gasteiger partial charge in [0.25, 0.3) is 5.92 Å². The van der Waals surface area contributed by atoms with Crippen molar-refractivity contribution in [1.29, 1.82) is 0 Å². The van der Waals surface area contributed by atoms with Gasteiger partial charge in [0, 0.05) is 36.6 Å². The largest absolute Gasteiger partial charge is 0.491 e. The van der Waals surface area contributed by atoms with E-state index in [4.69, 9.17) is 24.0 Å². The standard InChI is InChI=1S/C30H39F2N5O4/c1-19-25(8-9-29(10-12-39-13-11-29)37-17-30(31,32)18-37)34-28(35-27(19)26-20(2)36-41-21(26)3)22-6-5-7-24(14-22)40-16-23(38)15-33-4/h5-7,14,23,33,38H,8-13,15-18H2,1-4H3. The molecule has 222 valence electrons. The Morgan fingerprint density at radius 1 is 1.15 bits per heavy atom. The Morgan fingerprint density at radius 3 is 2.56 bits per heavy atom. The third-order valence-electron chi connectivity index (χ3n) is 8.26. The molecular formula is C30H39F2N5O4. The molecule has 2 aromatic heterocycles. The number of likely N-dealkylation sites (N-methyl/N-ethyl adjacent to an activating group) is 1. The second-order valence-corrected chi connectivity index (χ2v) is 11.3. The van der Waals surface area contributed by atoms with Crippen LogP contribution < -0.4 is 10.1 Å². The zero-order valence-corrected chi connectivity index (χ0v) is 24.2. The number of ether oxygens (including phenoxy) is 2. The zero-order chi connectivity index (χ0) is 29.2. The fourth-order valence-electron chi connectivity index (χ4n) is 5.89. The average Bonchev–Trinajstić information content (AvgIpc) is 3.28. The number of hydrogen-bond donors (Lipinski definition) is 2. The van der Waals surface area contributed by atoms with E-state index in [-0.39, 0.29) is 25.2 Å². The predicted molar refractivity (Wildman–Crippen MR) is 150 cm³/mol. The van der Waals surface area contributed by atoms with Crippen molar-refractivity contribution in [2.45, 2.75) is 64.0 Å². The summed E-state index contributed by atoms with van der Waals surface area (Å²) in [5.74, 6) is -0.836. The van der Waals surface area contributed by atoms with Crippen molar-refractivity contribution in [1.82, 2.24) is 25.3 Å². The highest BCUT2D eigenvalue weighted by Crippen LogP contribution is 2.41.